The Balaban J connectivity index is 2.73. The van der Waals surface area contributed by atoms with Crippen LogP contribution in [0.1, 0.15) is 12.6 Å². The van der Waals surface area contributed by atoms with Gasteiger partial charge in [-0.25, -0.2) is 4.98 Å². The number of hydrogen-bond acceptors (Lipinski definition) is 4. The summed E-state index contributed by atoms with van der Waals surface area (Å²) in [6.45, 7) is 3.29. The third-order valence-electron chi connectivity index (χ3n) is 2.81. The van der Waals surface area contributed by atoms with Crippen LogP contribution in [0.5, 0.6) is 5.75 Å². The first-order valence-corrected chi connectivity index (χ1v) is 6.48. The van der Waals surface area contributed by atoms with Gasteiger partial charge in [-0.3, -0.25) is 0 Å². The lowest BCUT2D eigenvalue weighted by molar-refractivity contribution is 0.182. The van der Waals surface area contributed by atoms with Crippen LogP contribution in [0, 0.1) is 0 Å². The molecule has 1 aromatic carbocycles. The Kier molecular flexibility index (Phi) is 4.45. The van der Waals surface area contributed by atoms with Gasteiger partial charge in [0.15, 0.2) is 0 Å². The van der Waals surface area contributed by atoms with Gasteiger partial charge in [0.05, 0.1) is 35.3 Å². The number of benzene rings is 1. The first-order chi connectivity index (χ1) is 9.21. The van der Waals surface area contributed by atoms with Crippen molar-refractivity contribution in [3.8, 4) is 5.75 Å². The number of halogens is 1. The number of nitrogens with zero attached hydrogens (tertiary/aromatic N) is 1. The highest BCUT2D eigenvalue weighted by Crippen LogP contribution is 2.36. The summed E-state index contributed by atoms with van der Waals surface area (Å²) < 4.78 is 10.5. The molecule has 1 N–H and O–H groups in total. The van der Waals surface area contributed by atoms with Gasteiger partial charge in [0, 0.05) is 19.3 Å². The van der Waals surface area contributed by atoms with Crippen molar-refractivity contribution >= 4 is 28.2 Å². The standard InChI is InChI=1S/C14H17ClN2O2/c1-4-16-11-7-9(8-18-2)17-14-10(15)5-6-12(19-3)13(11)14/h5-7H,4,8H2,1-3H3,(H,16,17). The maximum Gasteiger partial charge on any atom is 0.130 e. The highest BCUT2D eigenvalue weighted by atomic mass is 35.5. The molecule has 0 aliphatic heterocycles. The minimum Gasteiger partial charge on any atom is -0.496 e. The van der Waals surface area contributed by atoms with Crippen molar-refractivity contribution in [2.24, 2.45) is 0 Å². The third kappa shape index (κ3) is 2.74. The molecule has 0 spiro atoms. The second-order valence-corrected chi connectivity index (χ2v) is 4.50. The number of aromatic nitrogens is 1. The lowest BCUT2D eigenvalue weighted by Crippen LogP contribution is -2.02. The average molecular weight is 281 g/mol. The van der Waals surface area contributed by atoms with Crippen LogP contribution in [0.2, 0.25) is 5.02 Å². The first kappa shape index (κ1) is 13.9. The predicted molar refractivity (Wildman–Crippen MR) is 78.2 cm³/mol. The van der Waals surface area contributed by atoms with E-state index in [2.05, 4.69) is 10.3 Å². The molecule has 0 aliphatic carbocycles. The smallest absolute Gasteiger partial charge is 0.130 e. The summed E-state index contributed by atoms with van der Waals surface area (Å²) in [5.74, 6) is 0.756. The van der Waals surface area contributed by atoms with Gasteiger partial charge < -0.3 is 14.8 Å². The van der Waals surface area contributed by atoms with Gasteiger partial charge in [-0.15, -0.1) is 0 Å². The lowest BCUT2D eigenvalue weighted by Gasteiger charge is -2.14. The Labute approximate surface area is 117 Å². The molecule has 1 heterocycles. The topological polar surface area (TPSA) is 43.4 Å². The van der Waals surface area contributed by atoms with Crippen LogP contribution in [0.3, 0.4) is 0 Å². The van der Waals surface area contributed by atoms with Crippen molar-refractivity contribution < 1.29 is 9.47 Å². The Bertz CT molecular complexity index is 587. The fourth-order valence-corrected chi connectivity index (χ4v) is 2.25. The molecule has 0 saturated carbocycles. The van der Waals surface area contributed by atoms with Crippen molar-refractivity contribution in [1.29, 1.82) is 0 Å². The largest absolute Gasteiger partial charge is 0.496 e. The Morgan fingerprint density at radius 1 is 1.32 bits per heavy atom. The zero-order valence-electron chi connectivity index (χ0n) is 11.3. The number of nitrogens with one attached hydrogen (secondary N) is 1. The van der Waals surface area contributed by atoms with Crippen LogP contribution in [0.4, 0.5) is 5.69 Å². The van der Waals surface area contributed by atoms with Gasteiger partial charge in [-0.05, 0) is 25.1 Å². The second-order valence-electron chi connectivity index (χ2n) is 4.10. The molecule has 0 fully saturated rings. The highest BCUT2D eigenvalue weighted by molar-refractivity contribution is 6.35. The third-order valence-corrected chi connectivity index (χ3v) is 3.11. The number of methoxy groups -OCH3 is 2. The fraction of sp³-hybridized carbons (Fsp3) is 0.357. The van der Waals surface area contributed by atoms with Gasteiger partial charge in [0.1, 0.15) is 5.75 Å². The maximum atomic E-state index is 6.24. The van der Waals surface area contributed by atoms with Gasteiger partial charge in [0.2, 0.25) is 0 Å². The summed E-state index contributed by atoms with van der Waals surface area (Å²) in [7, 11) is 3.29. The molecule has 19 heavy (non-hydrogen) atoms. The molecule has 0 amide bonds. The quantitative estimate of drug-likeness (QED) is 0.911. The van der Waals surface area contributed by atoms with Gasteiger partial charge >= 0.3 is 0 Å². The van der Waals surface area contributed by atoms with Crippen LogP contribution in [-0.4, -0.2) is 25.7 Å². The number of hydrogen-bond donors (Lipinski definition) is 1. The van der Waals surface area contributed by atoms with E-state index in [0.29, 0.717) is 11.6 Å². The van der Waals surface area contributed by atoms with E-state index in [-0.39, 0.29) is 0 Å². The van der Waals surface area contributed by atoms with E-state index < -0.39 is 0 Å². The van der Waals surface area contributed by atoms with E-state index in [1.165, 1.54) is 0 Å². The van der Waals surface area contributed by atoms with Crippen LogP contribution in [-0.2, 0) is 11.3 Å². The average Bonchev–Trinajstić information content (AvgIpc) is 2.41. The molecule has 0 unspecified atom stereocenters. The summed E-state index contributed by atoms with van der Waals surface area (Å²) in [6, 6.07) is 5.61. The molecular weight excluding hydrogens is 264 g/mol. The Morgan fingerprint density at radius 2 is 2.11 bits per heavy atom. The second kappa shape index (κ2) is 6.08. The molecule has 2 rings (SSSR count). The van der Waals surface area contributed by atoms with Crippen LogP contribution in [0.15, 0.2) is 18.2 Å². The molecule has 0 aliphatic rings. The Hall–Kier alpha value is -1.52. The van der Waals surface area contributed by atoms with Crippen LogP contribution in [0.25, 0.3) is 10.9 Å². The summed E-state index contributed by atoms with van der Waals surface area (Å²) in [5.41, 5.74) is 2.52. The molecule has 5 heteroatoms. The summed E-state index contributed by atoms with van der Waals surface area (Å²) >= 11 is 6.24. The van der Waals surface area contributed by atoms with Gasteiger partial charge in [-0.1, -0.05) is 11.6 Å². The van der Waals surface area contributed by atoms with Crippen LogP contribution >= 0.6 is 11.6 Å². The van der Waals surface area contributed by atoms with Crippen molar-refractivity contribution in [1.82, 2.24) is 4.98 Å². The SMILES string of the molecule is CCNc1cc(COC)nc2c(Cl)ccc(OC)c12. The van der Waals surface area contributed by atoms with E-state index in [0.717, 1.165) is 34.6 Å². The molecule has 102 valence electrons. The number of fused-ring (bicyclic) bond motifs is 1. The number of rotatable bonds is 5. The molecule has 4 nitrogen and oxygen atoms in total. The van der Waals surface area contributed by atoms with E-state index in [1.807, 2.05) is 19.1 Å². The number of pyridine rings is 1. The van der Waals surface area contributed by atoms with Crippen molar-refractivity contribution in [3.63, 3.8) is 0 Å². The van der Waals surface area contributed by atoms with E-state index in [1.54, 1.807) is 20.3 Å². The molecule has 0 radical (unpaired) electrons. The molecule has 1 aromatic heterocycles. The van der Waals surface area contributed by atoms with E-state index in [9.17, 15) is 0 Å². The monoisotopic (exact) mass is 280 g/mol. The van der Waals surface area contributed by atoms with E-state index >= 15 is 0 Å². The first-order valence-electron chi connectivity index (χ1n) is 6.10. The highest BCUT2D eigenvalue weighted by Gasteiger charge is 2.13. The molecule has 0 atom stereocenters. The molecule has 2 aromatic rings. The fourth-order valence-electron chi connectivity index (χ4n) is 2.05. The van der Waals surface area contributed by atoms with Crippen molar-refractivity contribution in [2.75, 3.05) is 26.1 Å². The van der Waals surface area contributed by atoms with Crippen LogP contribution < -0.4 is 10.1 Å². The minimum absolute atomic E-state index is 0.446. The molecule has 0 saturated heterocycles. The zero-order valence-corrected chi connectivity index (χ0v) is 12.0. The van der Waals surface area contributed by atoms with Gasteiger partial charge in [0.25, 0.3) is 0 Å². The summed E-state index contributed by atoms with van der Waals surface area (Å²) in [4.78, 5) is 4.54. The number of ether oxygens (including phenoxy) is 2. The zero-order chi connectivity index (χ0) is 13.8. The Morgan fingerprint density at radius 3 is 2.74 bits per heavy atom. The predicted octanol–water partition coefficient (Wildman–Crippen LogP) is 3.48. The minimum atomic E-state index is 0.446. The van der Waals surface area contributed by atoms with E-state index in [4.69, 9.17) is 21.1 Å². The summed E-state index contributed by atoms with van der Waals surface area (Å²) in [5, 5.41) is 4.82. The lowest BCUT2D eigenvalue weighted by atomic mass is 10.1. The molecular formula is C14H17ClN2O2. The number of anilines is 1. The van der Waals surface area contributed by atoms with Gasteiger partial charge in [-0.2, -0.15) is 0 Å². The van der Waals surface area contributed by atoms with Crippen molar-refractivity contribution in [2.45, 2.75) is 13.5 Å². The normalized spacial score (nSPS) is 10.7. The summed E-state index contributed by atoms with van der Waals surface area (Å²) in [6.07, 6.45) is 0. The van der Waals surface area contributed by atoms with Crippen molar-refractivity contribution in [3.05, 3.63) is 28.9 Å². The maximum absolute atomic E-state index is 6.24. The molecule has 0 bridgehead atoms.